The molecule has 0 saturated heterocycles. The highest BCUT2D eigenvalue weighted by molar-refractivity contribution is 5.66. The van der Waals surface area contributed by atoms with Crippen molar-refractivity contribution in [2.75, 3.05) is 6.61 Å². The zero-order valence-electron chi connectivity index (χ0n) is 8.68. The predicted octanol–water partition coefficient (Wildman–Crippen LogP) is 1.92. The molecule has 1 atom stereocenters. The van der Waals surface area contributed by atoms with Gasteiger partial charge in [0.2, 0.25) is 0 Å². The van der Waals surface area contributed by atoms with E-state index in [9.17, 15) is 9.59 Å². The third-order valence-electron chi connectivity index (χ3n) is 2.13. The minimum absolute atomic E-state index is 0.189. The van der Waals surface area contributed by atoms with Crippen LogP contribution in [0.25, 0.3) is 0 Å². The van der Waals surface area contributed by atoms with Crippen LogP contribution in [0, 0.1) is 0 Å². The van der Waals surface area contributed by atoms with Crippen molar-refractivity contribution in [1.82, 2.24) is 0 Å². The van der Waals surface area contributed by atoms with Crippen LogP contribution in [0.1, 0.15) is 24.8 Å². The van der Waals surface area contributed by atoms with E-state index in [4.69, 9.17) is 4.74 Å². The van der Waals surface area contributed by atoms with E-state index in [0.717, 1.165) is 11.8 Å². The molecule has 1 aromatic rings. The Hall–Kier alpha value is -1.64. The molecular weight excluding hydrogens is 192 g/mol. The van der Waals surface area contributed by atoms with Gasteiger partial charge in [-0.2, -0.15) is 0 Å². The smallest absolute Gasteiger partial charge is 0.302 e. The van der Waals surface area contributed by atoms with E-state index in [1.807, 2.05) is 30.3 Å². The summed E-state index contributed by atoms with van der Waals surface area (Å²) in [4.78, 5) is 21.4. The molecule has 15 heavy (non-hydrogen) atoms. The zero-order chi connectivity index (χ0) is 11.1. The van der Waals surface area contributed by atoms with Gasteiger partial charge < -0.3 is 9.53 Å². The van der Waals surface area contributed by atoms with Gasteiger partial charge in [-0.15, -0.1) is 0 Å². The third-order valence-corrected chi connectivity index (χ3v) is 2.13. The zero-order valence-corrected chi connectivity index (χ0v) is 8.68. The van der Waals surface area contributed by atoms with Crippen LogP contribution >= 0.6 is 0 Å². The molecule has 80 valence electrons. The Bertz CT molecular complexity index is 319. The van der Waals surface area contributed by atoms with Crippen LogP contribution in [0.3, 0.4) is 0 Å². The largest absolute Gasteiger partial charge is 0.466 e. The van der Waals surface area contributed by atoms with E-state index >= 15 is 0 Å². The maximum Gasteiger partial charge on any atom is 0.302 e. The minimum Gasteiger partial charge on any atom is -0.466 e. The highest BCUT2D eigenvalue weighted by atomic mass is 16.5. The molecule has 0 amide bonds. The molecule has 0 aliphatic carbocycles. The summed E-state index contributed by atoms with van der Waals surface area (Å²) in [6, 6.07) is 9.46. The van der Waals surface area contributed by atoms with Crippen molar-refractivity contribution in [2.24, 2.45) is 0 Å². The van der Waals surface area contributed by atoms with Gasteiger partial charge in [-0.1, -0.05) is 30.3 Å². The summed E-state index contributed by atoms with van der Waals surface area (Å²) in [6.45, 7) is 1.64. The predicted molar refractivity (Wildman–Crippen MR) is 56.5 cm³/mol. The average Bonchev–Trinajstić information content (AvgIpc) is 2.25. The van der Waals surface area contributed by atoms with Gasteiger partial charge in [0.05, 0.1) is 6.61 Å². The lowest BCUT2D eigenvalue weighted by atomic mass is 9.98. The Labute approximate surface area is 89.1 Å². The summed E-state index contributed by atoms with van der Waals surface area (Å²) in [6.07, 6.45) is 1.42. The van der Waals surface area contributed by atoms with E-state index in [1.165, 1.54) is 6.92 Å². The molecule has 0 fully saturated rings. The first kappa shape index (κ1) is 11.4. The summed E-state index contributed by atoms with van der Waals surface area (Å²) in [5.41, 5.74) is 0.958. The Morgan fingerprint density at radius 3 is 2.60 bits per heavy atom. The van der Waals surface area contributed by atoms with Gasteiger partial charge in [-0.25, -0.2) is 0 Å². The third kappa shape index (κ3) is 3.94. The SMILES string of the molecule is CC(=O)OCCC(C=O)c1ccccc1. The maximum atomic E-state index is 10.8. The van der Waals surface area contributed by atoms with Crippen molar-refractivity contribution in [3.8, 4) is 0 Å². The van der Waals surface area contributed by atoms with Gasteiger partial charge in [-0.3, -0.25) is 4.79 Å². The van der Waals surface area contributed by atoms with Gasteiger partial charge in [0, 0.05) is 12.8 Å². The van der Waals surface area contributed by atoms with Crippen LogP contribution in [0.2, 0.25) is 0 Å². The van der Waals surface area contributed by atoms with E-state index in [0.29, 0.717) is 6.42 Å². The van der Waals surface area contributed by atoms with Gasteiger partial charge in [0.25, 0.3) is 0 Å². The second kappa shape index (κ2) is 5.96. The van der Waals surface area contributed by atoms with Crippen LogP contribution in [0.5, 0.6) is 0 Å². The second-order valence-corrected chi connectivity index (χ2v) is 3.28. The van der Waals surface area contributed by atoms with Crippen molar-refractivity contribution >= 4 is 12.3 Å². The number of rotatable bonds is 5. The van der Waals surface area contributed by atoms with Crippen molar-refractivity contribution < 1.29 is 14.3 Å². The number of carbonyl (C=O) groups excluding carboxylic acids is 2. The Kier molecular flexibility index (Phi) is 4.54. The Balaban J connectivity index is 2.50. The molecule has 0 N–H and O–H groups in total. The molecule has 0 radical (unpaired) electrons. The van der Waals surface area contributed by atoms with Gasteiger partial charge in [0.1, 0.15) is 6.29 Å². The fourth-order valence-electron chi connectivity index (χ4n) is 1.34. The normalized spacial score (nSPS) is 11.8. The molecule has 3 nitrogen and oxygen atoms in total. The lowest BCUT2D eigenvalue weighted by Gasteiger charge is -2.09. The van der Waals surface area contributed by atoms with Crippen LogP contribution in [0.15, 0.2) is 30.3 Å². The van der Waals surface area contributed by atoms with Crippen LogP contribution in [-0.4, -0.2) is 18.9 Å². The quantitative estimate of drug-likeness (QED) is 0.546. The first-order valence-corrected chi connectivity index (χ1v) is 4.87. The standard InChI is InChI=1S/C12H14O3/c1-10(14)15-8-7-12(9-13)11-5-3-2-4-6-11/h2-6,9,12H,7-8H2,1H3. The van der Waals surface area contributed by atoms with Gasteiger partial charge in [0.15, 0.2) is 0 Å². The average molecular weight is 206 g/mol. The summed E-state index contributed by atoms with van der Waals surface area (Å²) in [5, 5.41) is 0. The summed E-state index contributed by atoms with van der Waals surface area (Å²) >= 11 is 0. The monoisotopic (exact) mass is 206 g/mol. The summed E-state index contributed by atoms with van der Waals surface area (Å²) in [7, 11) is 0. The molecule has 1 unspecified atom stereocenters. The molecule has 0 heterocycles. The van der Waals surface area contributed by atoms with Crippen LogP contribution in [-0.2, 0) is 14.3 Å². The van der Waals surface area contributed by atoms with Gasteiger partial charge in [-0.05, 0) is 12.0 Å². The molecule has 0 spiro atoms. The number of benzene rings is 1. The summed E-state index contributed by atoms with van der Waals surface area (Å²) < 4.78 is 4.80. The second-order valence-electron chi connectivity index (χ2n) is 3.28. The topological polar surface area (TPSA) is 43.4 Å². The number of esters is 1. The molecule has 0 aromatic heterocycles. The number of hydrogen-bond acceptors (Lipinski definition) is 3. The van der Waals surface area contributed by atoms with Crippen molar-refractivity contribution in [2.45, 2.75) is 19.3 Å². The minimum atomic E-state index is -0.312. The molecule has 3 heteroatoms. The van der Waals surface area contributed by atoms with E-state index in [-0.39, 0.29) is 18.5 Å². The van der Waals surface area contributed by atoms with Crippen molar-refractivity contribution in [1.29, 1.82) is 0 Å². The molecular formula is C12H14O3. The molecule has 0 bridgehead atoms. The Morgan fingerprint density at radius 2 is 2.07 bits per heavy atom. The lowest BCUT2D eigenvalue weighted by molar-refractivity contribution is -0.141. The number of ether oxygens (including phenoxy) is 1. The highest BCUT2D eigenvalue weighted by Gasteiger charge is 2.09. The van der Waals surface area contributed by atoms with E-state index in [1.54, 1.807) is 0 Å². The van der Waals surface area contributed by atoms with Crippen molar-refractivity contribution in [3.05, 3.63) is 35.9 Å². The number of hydrogen-bond donors (Lipinski definition) is 0. The van der Waals surface area contributed by atoms with E-state index in [2.05, 4.69) is 0 Å². The Morgan fingerprint density at radius 1 is 1.40 bits per heavy atom. The first-order valence-electron chi connectivity index (χ1n) is 4.87. The highest BCUT2D eigenvalue weighted by Crippen LogP contribution is 2.16. The molecule has 1 aromatic carbocycles. The molecule has 1 rings (SSSR count). The van der Waals surface area contributed by atoms with E-state index < -0.39 is 0 Å². The molecule has 0 aliphatic heterocycles. The van der Waals surface area contributed by atoms with Crippen molar-refractivity contribution in [3.63, 3.8) is 0 Å². The number of aldehydes is 1. The summed E-state index contributed by atoms with van der Waals surface area (Å²) in [5.74, 6) is -0.502. The molecule has 0 aliphatic rings. The number of carbonyl (C=O) groups is 2. The fourth-order valence-corrected chi connectivity index (χ4v) is 1.34. The fraction of sp³-hybridized carbons (Fsp3) is 0.333. The van der Waals surface area contributed by atoms with Crippen LogP contribution in [0.4, 0.5) is 0 Å². The molecule has 0 saturated carbocycles. The van der Waals surface area contributed by atoms with Crippen LogP contribution < -0.4 is 0 Å². The first-order chi connectivity index (χ1) is 7.24. The van der Waals surface area contributed by atoms with Gasteiger partial charge >= 0.3 is 5.97 Å². The lowest BCUT2D eigenvalue weighted by Crippen LogP contribution is -2.07. The maximum absolute atomic E-state index is 10.8.